The maximum Gasteiger partial charge on any atom is 0.253 e. The lowest BCUT2D eigenvalue weighted by atomic mass is 10.0. The summed E-state index contributed by atoms with van der Waals surface area (Å²) >= 11 is 6.00. The van der Waals surface area contributed by atoms with Crippen LogP contribution in [-0.2, 0) is 4.74 Å². The van der Waals surface area contributed by atoms with Gasteiger partial charge in [0.15, 0.2) is 0 Å². The summed E-state index contributed by atoms with van der Waals surface area (Å²) in [5.74, 6) is 0.407. The number of hydrogen-bond donors (Lipinski definition) is 2. The van der Waals surface area contributed by atoms with E-state index in [1.807, 2.05) is 6.92 Å². The van der Waals surface area contributed by atoms with E-state index in [-0.39, 0.29) is 11.4 Å². The van der Waals surface area contributed by atoms with Gasteiger partial charge in [-0.25, -0.2) is 4.98 Å². The van der Waals surface area contributed by atoms with E-state index in [2.05, 4.69) is 15.6 Å². The number of nitrogens with one attached hydrogen (secondary N) is 2. The minimum Gasteiger partial charge on any atom is -0.379 e. The molecule has 6 heteroatoms. The van der Waals surface area contributed by atoms with Crippen LogP contribution in [0, 0.1) is 0 Å². The molecule has 1 unspecified atom stereocenters. The normalized spacial score (nSPS) is 22.8. The first kappa shape index (κ1) is 13.1. The van der Waals surface area contributed by atoms with E-state index < -0.39 is 0 Å². The third-order valence-electron chi connectivity index (χ3n) is 2.99. The van der Waals surface area contributed by atoms with Crippen LogP contribution in [0.4, 0.5) is 5.82 Å². The molecule has 0 aliphatic carbocycles. The second kappa shape index (κ2) is 5.12. The Labute approximate surface area is 111 Å². The minimum atomic E-state index is -0.316. The maximum absolute atomic E-state index is 12.2. The van der Waals surface area contributed by atoms with Gasteiger partial charge in [-0.15, -0.1) is 0 Å². The highest BCUT2D eigenvalue weighted by atomic mass is 35.5. The van der Waals surface area contributed by atoms with Crippen LogP contribution in [0.15, 0.2) is 12.3 Å². The molecule has 2 N–H and O–H groups in total. The Morgan fingerprint density at radius 2 is 2.39 bits per heavy atom. The van der Waals surface area contributed by atoms with Crippen molar-refractivity contribution < 1.29 is 9.53 Å². The van der Waals surface area contributed by atoms with Crippen LogP contribution in [0.3, 0.4) is 0 Å². The van der Waals surface area contributed by atoms with Crippen LogP contribution in [0.2, 0.25) is 5.02 Å². The lowest BCUT2D eigenvalue weighted by molar-refractivity contribution is 0.0890. The number of carbonyl (C=O) groups is 1. The predicted molar refractivity (Wildman–Crippen MR) is 70.1 cm³/mol. The molecule has 0 spiro atoms. The standard InChI is InChI=1S/C12H16ClN3O2/c1-12(3-4-18-7-12)16-11(17)8-5-10(14-2)15-6-9(8)13/h5-6H,3-4,7H2,1-2H3,(H,14,15)(H,16,17). The molecule has 1 aliphatic rings. The SMILES string of the molecule is CNc1cc(C(=O)NC2(C)CCOC2)c(Cl)cn1. The molecule has 0 saturated carbocycles. The summed E-state index contributed by atoms with van der Waals surface area (Å²) in [6.07, 6.45) is 2.27. The van der Waals surface area contributed by atoms with Gasteiger partial charge in [-0.3, -0.25) is 4.79 Å². The Kier molecular flexibility index (Phi) is 3.73. The highest BCUT2D eigenvalue weighted by molar-refractivity contribution is 6.33. The number of nitrogens with zero attached hydrogens (tertiary/aromatic N) is 1. The minimum absolute atomic E-state index is 0.202. The maximum atomic E-state index is 12.2. The Morgan fingerprint density at radius 1 is 1.61 bits per heavy atom. The molecule has 5 nitrogen and oxygen atoms in total. The number of amides is 1. The van der Waals surface area contributed by atoms with Gasteiger partial charge in [-0.1, -0.05) is 11.6 Å². The van der Waals surface area contributed by atoms with Crippen molar-refractivity contribution in [2.75, 3.05) is 25.6 Å². The van der Waals surface area contributed by atoms with E-state index in [9.17, 15) is 4.79 Å². The van der Waals surface area contributed by atoms with Crippen molar-refractivity contribution >= 4 is 23.3 Å². The van der Waals surface area contributed by atoms with Crippen molar-refractivity contribution in [3.8, 4) is 0 Å². The fourth-order valence-corrected chi connectivity index (χ4v) is 2.05. The quantitative estimate of drug-likeness (QED) is 0.876. The Bertz CT molecular complexity index is 459. The van der Waals surface area contributed by atoms with Crippen molar-refractivity contribution in [2.45, 2.75) is 18.9 Å². The second-order valence-corrected chi connectivity index (χ2v) is 5.02. The molecule has 1 saturated heterocycles. The van der Waals surface area contributed by atoms with Crippen LogP contribution in [0.25, 0.3) is 0 Å². The van der Waals surface area contributed by atoms with Gasteiger partial charge in [0.2, 0.25) is 0 Å². The largest absolute Gasteiger partial charge is 0.379 e. The smallest absolute Gasteiger partial charge is 0.253 e. The molecule has 0 radical (unpaired) electrons. The molecule has 1 aromatic heterocycles. The zero-order valence-electron chi connectivity index (χ0n) is 10.4. The molecule has 18 heavy (non-hydrogen) atoms. The molecule has 1 amide bonds. The molecule has 2 rings (SSSR count). The van der Waals surface area contributed by atoms with Crippen molar-refractivity contribution in [1.82, 2.24) is 10.3 Å². The zero-order chi connectivity index (χ0) is 13.2. The molecule has 2 heterocycles. The van der Waals surface area contributed by atoms with E-state index >= 15 is 0 Å². The van der Waals surface area contributed by atoms with Gasteiger partial charge in [0, 0.05) is 19.9 Å². The van der Waals surface area contributed by atoms with Gasteiger partial charge in [0.1, 0.15) is 5.82 Å². The first-order valence-electron chi connectivity index (χ1n) is 5.78. The molecule has 1 atom stereocenters. The monoisotopic (exact) mass is 269 g/mol. The van der Waals surface area contributed by atoms with Crippen LogP contribution >= 0.6 is 11.6 Å². The number of halogens is 1. The average molecular weight is 270 g/mol. The average Bonchev–Trinajstić information content (AvgIpc) is 2.76. The molecule has 0 bridgehead atoms. The van der Waals surface area contributed by atoms with Gasteiger partial charge in [-0.05, 0) is 19.4 Å². The third-order valence-corrected chi connectivity index (χ3v) is 3.29. The first-order chi connectivity index (χ1) is 8.54. The first-order valence-corrected chi connectivity index (χ1v) is 6.15. The fraction of sp³-hybridized carbons (Fsp3) is 0.500. The van der Waals surface area contributed by atoms with Crippen molar-refractivity contribution in [2.24, 2.45) is 0 Å². The van der Waals surface area contributed by atoms with Gasteiger partial charge < -0.3 is 15.4 Å². The molecular weight excluding hydrogens is 254 g/mol. The summed E-state index contributed by atoms with van der Waals surface area (Å²) < 4.78 is 5.30. The van der Waals surface area contributed by atoms with E-state index in [1.54, 1.807) is 13.1 Å². The number of carbonyl (C=O) groups excluding carboxylic acids is 1. The van der Waals surface area contributed by atoms with Crippen LogP contribution < -0.4 is 10.6 Å². The topological polar surface area (TPSA) is 63.2 Å². The summed E-state index contributed by atoms with van der Waals surface area (Å²) in [5.41, 5.74) is 0.105. The predicted octanol–water partition coefficient (Wildman–Crippen LogP) is 1.69. The molecule has 1 aromatic rings. The van der Waals surface area contributed by atoms with Crippen molar-refractivity contribution in [1.29, 1.82) is 0 Å². The highest BCUT2D eigenvalue weighted by Crippen LogP contribution is 2.21. The van der Waals surface area contributed by atoms with E-state index in [1.165, 1.54) is 6.20 Å². The van der Waals surface area contributed by atoms with Crippen LogP contribution in [0.1, 0.15) is 23.7 Å². The third kappa shape index (κ3) is 2.73. The number of aromatic nitrogens is 1. The van der Waals surface area contributed by atoms with E-state index in [0.29, 0.717) is 29.6 Å². The number of ether oxygens (including phenoxy) is 1. The van der Waals surface area contributed by atoms with E-state index in [0.717, 1.165) is 6.42 Å². The van der Waals surface area contributed by atoms with Crippen molar-refractivity contribution in [3.63, 3.8) is 0 Å². The second-order valence-electron chi connectivity index (χ2n) is 4.62. The van der Waals surface area contributed by atoms with Gasteiger partial charge in [-0.2, -0.15) is 0 Å². The summed E-state index contributed by atoms with van der Waals surface area (Å²) in [4.78, 5) is 16.2. The fourth-order valence-electron chi connectivity index (χ4n) is 1.86. The van der Waals surface area contributed by atoms with Gasteiger partial charge in [0.05, 0.1) is 22.7 Å². The molecule has 1 fully saturated rings. The Hall–Kier alpha value is -1.33. The molecular formula is C12H16ClN3O2. The summed E-state index contributed by atoms with van der Waals surface area (Å²) in [5, 5.41) is 6.18. The van der Waals surface area contributed by atoms with Gasteiger partial charge >= 0.3 is 0 Å². The van der Waals surface area contributed by atoms with Crippen LogP contribution in [-0.4, -0.2) is 36.7 Å². The van der Waals surface area contributed by atoms with Crippen molar-refractivity contribution in [3.05, 3.63) is 22.8 Å². The molecule has 98 valence electrons. The molecule has 0 aromatic carbocycles. The Morgan fingerprint density at radius 3 is 3.00 bits per heavy atom. The van der Waals surface area contributed by atoms with E-state index in [4.69, 9.17) is 16.3 Å². The summed E-state index contributed by atoms with van der Waals surface area (Å²) in [6.45, 7) is 3.16. The highest BCUT2D eigenvalue weighted by Gasteiger charge is 2.32. The number of rotatable bonds is 3. The lowest BCUT2D eigenvalue weighted by Gasteiger charge is -2.23. The number of hydrogen-bond acceptors (Lipinski definition) is 4. The zero-order valence-corrected chi connectivity index (χ0v) is 11.2. The van der Waals surface area contributed by atoms with Gasteiger partial charge in [0.25, 0.3) is 5.91 Å². The summed E-state index contributed by atoms with van der Waals surface area (Å²) in [6, 6.07) is 1.64. The number of pyridine rings is 1. The van der Waals surface area contributed by atoms with Crippen LogP contribution in [0.5, 0.6) is 0 Å². The molecule has 1 aliphatic heterocycles. The lowest BCUT2D eigenvalue weighted by Crippen LogP contribution is -2.46. The number of anilines is 1. The Balaban J connectivity index is 2.17. The summed E-state index contributed by atoms with van der Waals surface area (Å²) in [7, 11) is 1.74.